The van der Waals surface area contributed by atoms with Crippen LogP contribution in [-0.2, 0) is 4.74 Å². The van der Waals surface area contributed by atoms with E-state index in [4.69, 9.17) is 19.5 Å². The third-order valence-electron chi connectivity index (χ3n) is 2.34. The van der Waals surface area contributed by atoms with Crippen molar-refractivity contribution < 1.29 is 19.5 Å². The fourth-order valence-corrected chi connectivity index (χ4v) is 1.42. The van der Waals surface area contributed by atoms with Crippen molar-refractivity contribution in [2.75, 3.05) is 32.9 Å². The minimum Gasteiger partial charge on any atom is -0.494 e. The number of ether oxygens (including phenoxy) is 2. The Labute approximate surface area is 108 Å². The van der Waals surface area contributed by atoms with Crippen LogP contribution in [0.5, 0.6) is 5.75 Å². The first kappa shape index (κ1) is 15.0. The van der Waals surface area contributed by atoms with Crippen LogP contribution in [-0.4, -0.2) is 50.1 Å². The Morgan fingerprint density at radius 2 is 1.83 bits per heavy atom. The van der Waals surface area contributed by atoms with Crippen LogP contribution in [0.3, 0.4) is 0 Å². The topological polar surface area (TPSA) is 71.0 Å². The van der Waals surface area contributed by atoms with E-state index in [0.29, 0.717) is 12.1 Å². The standard InChI is InChI=1S/C8H11BO3.C4H9NO/c1-2-12-8-5-3-7(4-6-8)9(10)11;1-3-6-4-2-5-1/h3-6,10-11H,2H2,1H3;5H,1-4H2. The molecule has 0 amide bonds. The van der Waals surface area contributed by atoms with E-state index >= 15 is 0 Å². The van der Waals surface area contributed by atoms with Crippen molar-refractivity contribution in [2.45, 2.75) is 6.92 Å². The first-order valence-corrected chi connectivity index (χ1v) is 6.11. The number of morpholine rings is 1. The average Bonchev–Trinajstić information content (AvgIpc) is 2.42. The molecule has 1 saturated heterocycles. The van der Waals surface area contributed by atoms with Gasteiger partial charge in [0.2, 0.25) is 0 Å². The lowest BCUT2D eigenvalue weighted by molar-refractivity contribution is 0.109. The smallest absolute Gasteiger partial charge is 0.488 e. The van der Waals surface area contributed by atoms with Crippen molar-refractivity contribution in [3.05, 3.63) is 24.3 Å². The molecule has 5 nitrogen and oxygen atoms in total. The summed E-state index contributed by atoms with van der Waals surface area (Å²) < 4.78 is 10.2. The van der Waals surface area contributed by atoms with E-state index in [0.717, 1.165) is 32.1 Å². The largest absolute Gasteiger partial charge is 0.494 e. The van der Waals surface area contributed by atoms with E-state index in [9.17, 15) is 0 Å². The average molecular weight is 253 g/mol. The summed E-state index contributed by atoms with van der Waals surface area (Å²) in [5.41, 5.74) is 0.471. The molecule has 1 aromatic rings. The molecule has 1 aliphatic heterocycles. The van der Waals surface area contributed by atoms with E-state index in [2.05, 4.69) is 5.32 Å². The first-order valence-electron chi connectivity index (χ1n) is 6.11. The molecule has 2 rings (SSSR count). The molecule has 0 bridgehead atoms. The third-order valence-corrected chi connectivity index (χ3v) is 2.34. The van der Waals surface area contributed by atoms with Gasteiger partial charge < -0.3 is 24.8 Å². The SMILES string of the molecule is C1COCCN1.CCOc1ccc(B(O)O)cc1. The normalized spacial score (nSPS) is 14.4. The quantitative estimate of drug-likeness (QED) is 0.626. The minimum absolute atomic E-state index is 0.471. The second-order valence-corrected chi connectivity index (χ2v) is 3.74. The van der Waals surface area contributed by atoms with Crippen molar-refractivity contribution in [2.24, 2.45) is 0 Å². The molecule has 1 aromatic carbocycles. The summed E-state index contributed by atoms with van der Waals surface area (Å²) in [6, 6.07) is 6.65. The Balaban J connectivity index is 0.000000225. The van der Waals surface area contributed by atoms with Crippen LogP contribution in [0.25, 0.3) is 0 Å². The zero-order valence-corrected chi connectivity index (χ0v) is 10.6. The second kappa shape index (κ2) is 8.94. The van der Waals surface area contributed by atoms with Gasteiger partial charge in [0.1, 0.15) is 5.75 Å². The van der Waals surface area contributed by atoms with E-state index in [1.807, 2.05) is 6.92 Å². The monoisotopic (exact) mass is 253 g/mol. The Bertz CT molecular complexity index is 303. The lowest BCUT2D eigenvalue weighted by Gasteiger charge is -2.10. The Morgan fingerprint density at radius 3 is 2.17 bits per heavy atom. The van der Waals surface area contributed by atoms with E-state index < -0.39 is 7.12 Å². The Hall–Kier alpha value is -1.08. The maximum Gasteiger partial charge on any atom is 0.488 e. The van der Waals surface area contributed by atoms with E-state index in [1.54, 1.807) is 24.3 Å². The number of hydrogen-bond donors (Lipinski definition) is 3. The second-order valence-electron chi connectivity index (χ2n) is 3.74. The van der Waals surface area contributed by atoms with Crippen molar-refractivity contribution in [3.8, 4) is 5.75 Å². The van der Waals surface area contributed by atoms with Crippen LogP contribution in [0.1, 0.15) is 6.92 Å². The summed E-state index contributed by atoms with van der Waals surface area (Å²) in [6.45, 7) is 6.34. The lowest BCUT2D eigenvalue weighted by Crippen LogP contribution is -2.30. The van der Waals surface area contributed by atoms with Gasteiger partial charge in [-0.15, -0.1) is 0 Å². The highest BCUT2D eigenvalue weighted by molar-refractivity contribution is 6.58. The fraction of sp³-hybridized carbons (Fsp3) is 0.500. The lowest BCUT2D eigenvalue weighted by atomic mass is 9.80. The number of rotatable bonds is 3. The molecule has 1 fully saturated rings. The molecule has 0 unspecified atom stereocenters. The summed E-state index contributed by atoms with van der Waals surface area (Å²) in [4.78, 5) is 0. The molecule has 1 aliphatic rings. The van der Waals surface area contributed by atoms with Gasteiger partial charge in [0, 0.05) is 13.1 Å². The summed E-state index contributed by atoms with van der Waals surface area (Å²) in [5, 5.41) is 20.7. The van der Waals surface area contributed by atoms with Gasteiger partial charge in [-0.05, 0) is 24.5 Å². The molecule has 6 heteroatoms. The maximum atomic E-state index is 8.76. The Kier molecular flexibility index (Phi) is 7.44. The summed E-state index contributed by atoms with van der Waals surface area (Å²) in [5.74, 6) is 0.738. The highest BCUT2D eigenvalue weighted by Crippen LogP contribution is 2.06. The molecular formula is C12H20BNO4. The highest BCUT2D eigenvalue weighted by Gasteiger charge is 2.09. The summed E-state index contributed by atoms with van der Waals surface area (Å²) >= 11 is 0. The zero-order valence-electron chi connectivity index (χ0n) is 10.6. The summed E-state index contributed by atoms with van der Waals surface area (Å²) in [7, 11) is -1.40. The van der Waals surface area contributed by atoms with Crippen LogP contribution in [0.4, 0.5) is 0 Å². The van der Waals surface area contributed by atoms with Crippen LogP contribution < -0.4 is 15.5 Å². The summed E-state index contributed by atoms with van der Waals surface area (Å²) in [6.07, 6.45) is 0. The molecule has 18 heavy (non-hydrogen) atoms. The van der Waals surface area contributed by atoms with Crippen LogP contribution in [0.2, 0.25) is 0 Å². The molecule has 100 valence electrons. The predicted molar refractivity (Wildman–Crippen MR) is 71.1 cm³/mol. The number of benzene rings is 1. The molecule has 0 radical (unpaired) electrons. The van der Waals surface area contributed by atoms with Crippen molar-refractivity contribution >= 4 is 12.6 Å². The molecule has 3 N–H and O–H groups in total. The van der Waals surface area contributed by atoms with Crippen molar-refractivity contribution in [1.29, 1.82) is 0 Å². The van der Waals surface area contributed by atoms with Crippen molar-refractivity contribution in [3.63, 3.8) is 0 Å². The fourth-order valence-electron chi connectivity index (χ4n) is 1.42. The van der Waals surface area contributed by atoms with Gasteiger partial charge >= 0.3 is 7.12 Å². The van der Waals surface area contributed by atoms with Crippen LogP contribution in [0, 0.1) is 0 Å². The maximum absolute atomic E-state index is 8.76. The highest BCUT2D eigenvalue weighted by atomic mass is 16.5. The van der Waals surface area contributed by atoms with Crippen molar-refractivity contribution in [1.82, 2.24) is 5.32 Å². The minimum atomic E-state index is -1.40. The first-order chi connectivity index (χ1) is 8.74. The van der Waals surface area contributed by atoms with Gasteiger partial charge in [-0.1, -0.05) is 12.1 Å². The molecule has 0 spiro atoms. The predicted octanol–water partition coefficient (Wildman–Crippen LogP) is -0.629. The molecule has 0 saturated carbocycles. The number of hydrogen-bond acceptors (Lipinski definition) is 5. The van der Waals surface area contributed by atoms with Gasteiger partial charge in [-0.25, -0.2) is 0 Å². The molecule has 0 aliphatic carbocycles. The van der Waals surface area contributed by atoms with Gasteiger partial charge in [0.15, 0.2) is 0 Å². The molecular weight excluding hydrogens is 233 g/mol. The van der Waals surface area contributed by atoms with Gasteiger partial charge in [-0.2, -0.15) is 0 Å². The van der Waals surface area contributed by atoms with Crippen LogP contribution >= 0.6 is 0 Å². The zero-order chi connectivity index (χ0) is 13.2. The van der Waals surface area contributed by atoms with Gasteiger partial charge in [0.25, 0.3) is 0 Å². The Morgan fingerprint density at radius 1 is 1.22 bits per heavy atom. The van der Waals surface area contributed by atoms with Gasteiger partial charge in [0.05, 0.1) is 19.8 Å². The third kappa shape index (κ3) is 6.02. The van der Waals surface area contributed by atoms with E-state index in [-0.39, 0.29) is 0 Å². The molecule has 1 heterocycles. The molecule has 0 aromatic heterocycles. The van der Waals surface area contributed by atoms with Crippen LogP contribution in [0.15, 0.2) is 24.3 Å². The number of nitrogens with one attached hydrogen (secondary N) is 1. The molecule has 0 atom stereocenters. The van der Waals surface area contributed by atoms with Gasteiger partial charge in [-0.3, -0.25) is 0 Å². The van der Waals surface area contributed by atoms with E-state index in [1.165, 1.54) is 0 Å².